The molecule has 120 valence electrons. The van der Waals surface area contributed by atoms with Crippen LogP contribution in [0.1, 0.15) is 39.7 Å². The zero-order valence-corrected chi connectivity index (χ0v) is 14.5. The van der Waals surface area contributed by atoms with E-state index in [1.807, 2.05) is 24.3 Å². The van der Waals surface area contributed by atoms with Crippen LogP contribution >= 0.6 is 0 Å². The molecule has 0 saturated carbocycles. The van der Waals surface area contributed by atoms with Gasteiger partial charge in [-0.3, -0.25) is 4.72 Å². The molecule has 1 rings (SSSR count). The molecule has 0 aromatic heterocycles. The summed E-state index contributed by atoms with van der Waals surface area (Å²) in [7, 11) is -3.21. The second kappa shape index (κ2) is 7.27. The molecule has 21 heavy (non-hydrogen) atoms. The van der Waals surface area contributed by atoms with Crippen molar-refractivity contribution in [1.82, 2.24) is 5.32 Å². The Balaban J connectivity index is 2.62. The summed E-state index contributed by atoms with van der Waals surface area (Å²) in [6, 6.07) is 7.63. The third kappa shape index (κ3) is 6.96. The van der Waals surface area contributed by atoms with Crippen LogP contribution in [0.2, 0.25) is 0 Å². The van der Waals surface area contributed by atoms with Gasteiger partial charge in [0, 0.05) is 5.69 Å². The topological polar surface area (TPSA) is 58.2 Å². The fourth-order valence-corrected chi connectivity index (χ4v) is 2.70. The number of nitrogens with one attached hydrogen (secondary N) is 2. The molecule has 4 nitrogen and oxygen atoms in total. The van der Waals surface area contributed by atoms with Gasteiger partial charge >= 0.3 is 0 Å². The highest BCUT2D eigenvalue weighted by Gasteiger charge is 2.20. The van der Waals surface area contributed by atoms with E-state index in [-0.39, 0.29) is 5.41 Å². The molecule has 0 aliphatic carbocycles. The molecule has 0 spiro atoms. The average molecular weight is 312 g/mol. The van der Waals surface area contributed by atoms with Crippen molar-refractivity contribution in [1.29, 1.82) is 0 Å². The number of anilines is 1. The smallest absolute Gasteiger partial charge is 0.229 e. The van der Waals surface area contributed by atoms with Crippen LogP contribution in [-0.4, -0.2) is 27.8 Å². The van der Waals surface area contributed by atoms with Crippen LogP contribution < -0.4 is 10.0 Å². The van der Waals surface area contributed by atoms with Crippen LogP contribution in [0.5, 0.6) is 0 Å². The van der Waals surface area contributed by atoms with Crippen LogP contribution in [0.15, 0.2) is 24.3 Å². The molecular weight excluding hydrogens is 284 g/mol. The molecule has 1 aromatic rings. The Kier molecular flexibility index (Phi) is 6.23. The third-order valence-electron chi connectivity index (χ3n) is 3.45. The number of rotatable bonds is 8. The van der Waals surface area contributed by atoms with Gasteiger partial charge in [-0.2, -0.15) is 0 Å². The fourth-order valence-electron chi connectivity index (χ4n) is 2.14. The number of benzene rings is 1. The van der Waals surface area contributed by atoms with Gasteiger partial charge in [0.25, 0.3) is 0 Å². The van der Waals surface area contributed by atoms with E-state index in [9.17, 15) is 8.42 Å². The Morgan fingerprint density at radius 1 is 1.14 bits per heavy atom. The molecule has 1 aromatic carbocycles. The van der Waals surface area contributed by atoms with Crippen molar-refractivity contribution in [3.05, 3.63) is 29.8 Å². The van der Waals surface area contributed by atoms with Crippen molar-refractivity contribution in [2.24, 2.45) is 5.92 Å². The number of hydrogen-bond donors (Lipinski definition) is 2. The summed E-state index contributed by atoms with van der Waals surface area (Å²) in [5.41, 5.74) is 1.89. The molecule has 0 radical (unpaired) electrons. The molecule has 0 amide bonds. The van der Waals surface area contributed by atoms with E-state index < -0.39 is 10.0 Å². The molecule has 0 bridgehead atoms. The van der Waals surface area contributed by atoms with Gasteiger partial charge in [0.05, 0.1) is 6.26 Å². The SMILES string of the molecule is CC(C)CNCCC(C)(C)c1ccc(NS(C)(=O)=O)cc1. The molecule has 0 atom stereocenters. The van der Waals surface area contributed by atoms with Crippen molar-refractivity contribution < 1.29 is 8.42 Å². The molecular formula is C16H28N2O2S. The number of hydrogen-bond acceptors (Lipinski definition) is 3. The first-order chi connectivity index (χ1) is 9.60. The summed E-state index contributed by atoms with van der Waals surface area (Å²) in [6.45, 7) is 10.8. The molecule has 0 aliphatic rings. The van der Waals surface area contributed by atoms with Crippen molar-refractivity contribution in [2.75, 3.05) is 24.1 Å². The summed E-state index contributed by atoms with van der Waals surface area (Å²) in [6.07, 6.45) is 2.20. The lowest BCUT2D eigenvalue weighted by atomic mass is 9.81. The van der Waals surface area contributed by atoms with Gasteiger partial charge in [0.15, 0.2) is 0 Å². The second-order valence-corrected chi connectivity index (χ2v) is 8.43. The maximum Gasteiger partial charge on any atom is 0.229 e. The quantitative estimate of drug-likeness (QED) is 0.726. The highest BCUT2D eigenvalue weighted by molar-refractivity contribution is 7.92. The predicted octanol–water partition coefficient (Wildman–Crippen LogP) is 2.97. The Bertz CT molecular complexity index is 534. The van der Waals surface area contributed by atoms with Gasteiger partial charge in [-0.15, -0.1) is 0 Å². The van der Waals surface area contributed by atoms with Gasteiger partial charge < -0.3 is 5.32 Å². The Hall–Kier alpha value is -1.07. The summed E-state index contributed by atoms with van der Waals surface area (Å²) in [5, 5.41) is 3.46. The molecule has 0 heterocycles. The second-order valence-electron chi connectivity index (χ2n) is 6.68. The van der Waals surface area contributed by atoms with E-state index in [2.05, 4.69) is 37.7 Å². The first-order valence-electron chi connectivity index (χ1n) is 7.39. The maximum absolute atomic E-state index is 11.2. The molecule has 5 heteroatoms. The van der Waals surface area contributed by atoms with E-state index in [0.29, 0.717) is 11.6 Å². The highest BCUT2D eigenvalue weighted by Crippen LogP contribution is 2.27. The summed E-state index contributed by atoms with van der Waals surface area (Å²) >= 11 is 0. The first-order valence-corrected chi connectivity index (χ1v) is 9.28. The fraction of sp³-hybridized carbons (Fsp3) is 0.625. The predicted molar refractivity (Wildman–Crippen MR) is 90.3 cm³/mol. The molecule has 2 N–H and O–H groups in total. The van der Waals surface area contributed by atoms with Gasteiger partial charge in [0.1, 0.15) is 0 Å². The van der Waals surface area contributed by atoms with Gasteiger partial charge in [-0.1, -0.05) is 39.8 Å². The molecule has 0 unspecified atom stereocenters. The highest BCUT2D eigenvalue weighted by atomic mass is 32.2. The van der Waals surface area contributed by atoms with Crippen LogP contribution in [-0.2, 0) is 15.4 Å². The summed E-state index contributed by atoms with van der Waals surface area (Å²) in [4.78, 5) is 0. The zero-order chi connectivity index (χ0) is 16.1. The third-order valence-corrected chi connectivity index (χ3v) is 4.06. The monoisotopic (exact) mass is 312 g/mol. The van der Waals surface area contributed by atoms with E-state index in [1.54, 1.807) is 0 Å². The molecule has 0 saturated heterocycles. The Morgan fingerprint density at radius 3 is 2.19 bits per heavy atom. The van der Waals surface area contributed by atoms with E-state index >= 15 is 0 Å². The molecule has 0 aliphatic heterocycles. The first kappa shape index (κ1) is 18.0. The van der Waals surface area contributed by atoms with Gasteiger partial charge in [-0.25, -0.2) is 8.42 Å². The van der Waals surface area contributed by atoms with E-state index in [4.69, 9.17) is 0 Å². The standard InChI is InChI=1S/C16H28N2O2S/c1-13(2)12-17-11-10-16(3,4)14-6-8-15(9-7-14)18-21(5,19)20/h6-9,13,17-18H,10-12H2,1-5H3. The minimum atomic E-state index is -3.21. The zero-order valence-electron chi connectivity index (χ0n) is 13.7. The molecule has 0 fully saturated rings. The lowest BCUT2D eigenvalue weighted by Gasteiger charge is -2.26. The van der Waals surface area contributed by atoms with Crippen LogP contribution in [0.25, 0.3) is 0 Å². The summed E-state index contributed by atoms with van der Waals surface area (Å²) in [5.74, 6) is 0.662. The van der Waals surface area contributed by atoms with E-state index in [1.165, 1.54) is 5.56 Å². The normalized spacial score (nSPS) is 12.7. The minimum absolute atomic E-state index is 0.0631. The van der Waals surface area contributed by atoms with Crippen LogP contribution in [0.3, 0.4) is 0 Å². The lowest BCUT2D eigenvalue weighted by molar-refractivity contribution is 0.442. The van der Waals surface area contributed by atoms with Gasteiger partial charge in [0.2, 0.25) is 10.0 Å². The van der Waals surface area contributed by atoms with Crippen molar-refractivity contribution in [3.8, 4) is 0 Å². The van der Waals surface area contributed by atoms with Gasteiger partial charge in [-0.05, 0) is 48.5 Å². The largest absolute Gasteiger partial charge is 0.316 e. The lowest BCUT2D eigenvalue weighted by Crippen LogP contribution is -2.27. The van der Waals surface area contributed by atoms with E-state index in [0.717, 1.165) is 25.8 Å². The maximum atomic E-state index is 11.2. The minimum Gasteiger partial charge on any atom is -0.316 e. The van der Waals surface area contributed by atoms with Crippen LogP contribution in [0, 0.1) is 5.92 Å². The Labute approximate surface area is 129 Å². The van der Waals surface area contributed by atoms with Crippen molar-refractivity contribution >= 4 is 15.7 Å². The van der Waals surface area contributed by atoms with Crippen LogP contribution in [0.4, 0.5) is 5.69 Å². The Morgan fingerprint density at radius 2 is 1.71 bits per heavy atom. The average Bonchev–Trinajstić information content (AvgIpc) is 2.33. The van der Waals surface area contributed by atoms with Crippen molar-refractivity contribution in [2.45, 2.75) is 39.5 Å². The van der Waals surface area contributed by atoms with Crippen molar-refractivity contribution in [3.63, 3.8) is 0 Å². The summed E-state index contributed by atoms with van der Waals surface area (Å²) < 4.78 is 24.9. The number of sulfonamides is 1.